The van der Waals surface area contributed by atoms with Gasteiger partial charge in [-0.15, -0.1) is 0 Å². The first-order chi connectivity index (χ1) is 7.16. The lowest BCUT2D eigenvalue weighted by Gasteiger charge is -2.02. The maximum absolute atomic E-state index is 13.1. The molecule has 0 saturated heterocycles. The zero-order valence-corrected chi connectivity index (χ0v) is 8.24. The highest BCUT2D eigenvalue weighted by Gasteiger charge is 2.04. The summed E-state index contributed by atoms with van der Waals surface area (Å²) in [5.74, 6) is -0.970. The minimum atomic E-state index is -0.629. The third-order valence-electron chi connectivity index (χ3n) is 2.13. The number of aromatic nitrogens is 1. The Labute approximate surface area is 87.0 Å². The summed E-state index contributed by atoms with van der Waals surface area (Å²) in [6, 6.07) is 9.79. The van der Waals surface area contributed by atoms with E-state index in [1.165, 1.54) is 12.1 Å². The van der Waals surface area contributed by atoms with Crippen molar-refractivity contribution in [1.82, 2.24) is 4.98 Å². The number of halogens is 1. The molecule has 0 fully saturated rings. The lowest BCUT2D eigenvalue weighted by molar-refractivity contribution is 0.432. The molecule has 76 valence electrons. The van der Waals surface area contributed by atoms with Crippen molar-refractivity contribution in [3.8, 4) is 17.0 Å². The molecule has 1 aromatic carbocycles. The first-order valence-corrected chi connectivity index (χ1v) is 4.59. The Morgan fingerprint density at radius 1 is 1.20 bits per heavy atom. The molecule has 15 heavy (non-hydrogen) atoms. The van der Waals surface area contributed by atoms with Gasteiger partial charge in [-0.25, -0.2) is 4.39 Å². The van der Waals surface area contributed by atoms with E-state index in [0.29, 0.717) is 11.3 Å². The summed E-state index contributed by atoms with van der Waals surface area (Å²) in [5, 5.41) is 9.05. The largest absolute Gasteiger partial charge is 0.505 e. The first kappa shape index (κ1) is 9.65. The molecule has 0 radical (unpaired) electrons. The van der Waals surface area contributed by atoms with Crippen LogP contribution in [0.3, 0.4) is 0 Å². The van der Waals surface area contributed by atoms with E-state index in [1.54, 1.807) is 12.1 Å². The van der Waals surface area contributed by atoms with E-state index >= 15 is 0 Å². The van der Waals surface area contributed by atoms with Gasteiger partial charge in [0.15, 0.2) is 11.6 Å². The van der Waals surface area contributed by atoms with Crippen molar-refractivity contribution in [3.63, 3.8) is 0 Å². The molecule has 2 rings (SSSR count). The summed E-state index contributed by atoms with van der Waals surface area (Å²) in [5.41, 5.74) is 2.24. The molecule has 0 unspecified atom stereocenters. The van der Waals surface area contributed by atoms with Gasteiger partial charge < -0.3 is 5.11 Å². The van der Waals surface area contributed by atoms with Gasteiger partial charge in [-0.3, -0.25) is 4.98 Å². The van der Waals surface area contributed by atoms with E-state index < -0.39 is 5.82 Å². The van der Waals surface area contributed by atoms with Crippen LogP contribution in [-0.2, 0) is 0 Å². The maximum Gasteiger partial charge on any atom is 0.165 e. The van der Waals surface area contributed by atoms with E-state index in [-0.39, 0.29) is 5.75 Å². The molecule has 0 saturated carbocycles. The summed E-state index contributed by atoms with van der Waals surface area (Å²) in [6.07, 6.45) is 0. The van der Waals surface area contributed by atoms with Crippen LogP contribution in [0.1, 0.15) is 5.69 Å². The SMILES string of the molecule is Cc1cccc(-c2ccc(O)c(F)c2)n1. The molecule has 0 aliphatic rings. The number of hydrogen-bond acceptors (Lipinski definition) is 2. The van der Waals surface area contributed by atoms with E-state index in [1.807, 2.05) is 19.1 Å². The number of aromatic hydroxyl groups is 1. The minimum absolute atomic E-state index is 0.341. The maximum atomic E-state index is 13.1. The summed E-state index contributed by atoms with van der Waals surface area (Å²) in [6.45, 7) is 1.88. The molecule has 1 N–H and O–H groups in total. The van der Waals surface area contributed by atoms with Crippen molar-refractivity contribution in [2.45, 2.75) is 6.92 Å². The Morgan fingerprint density at radius 3 is 2.67 bits per heavy atom. The van der Waals surface area contributed by atoms with Gasteiger partial charge in [-0.2, -0.15) is 0 Å². The second-order valence-corrected chi connectivity index (χ2v) is 3.33. The molecule has 0 amide bonds. The van der Waals surface area contributed by atoms with Crippen molar-refractivity contribution >= 4 is 0 Å². The Morgan fingerprint density at radius 2 is 2.00 bits per heavy atom. The normalized spacial score (nSPS) is 10.3. The van der Waals surface area contributed by atoms with E-state index in [4.69, 9.17) is 5.11 Å². The molecule has 0 aliphatic carbocycles. The molecule has 0 bridgehead atoms. The van der Waals surface area contributed by atoms with Gasteiger partial charge in [0.1, 0.15) is 0 Å². The number of nitrogens with zero attached hydrogens (tertiary/aromatic N) is 1. The number of pyridine rings is 1. The molecule has 2 nitrogen and oxygen atoms in total. The highest BCUT2D eigenvalue weighted by atomic mass is 19.1. The Bertz CT molecular complexity index is 497. The highest BCUT2D eigenvalue weighted by molar-refractivity contribution is 5.60. The van der Waals surface area contributed by atoms with Crippen molar-refractivity contribution in [2.75, 3.05) is 0 Å². The number of phenolic OH excluding ortho intramolecular Hbond substituents is 1. The number of benzene rings is 1. The van der Waals surface area contributed by atoms with Crippen molar-refractivity contribution in [2.24, 2.45) is 0 Å². The average Bonchev–Trinajstić information content (AvgIpc) is 2.22. The van der Waals surface area contributed by atoms with Crippen LogP contribution >= 0.6 is 0 Å². The van der Waals surface area contributed by atoms with Gasteiger partial charge in [0.05, 0.1) is 5.69 Å². The molecule has 2 aromatic rings. The van der Waals surface area contributed by atoms with Crippen LogP contribution in [0.25, 0.3) is 11.3 Å². The number of rotatable bonds is 1. The predicted octanol–water partition coefficient (Wildman–Crippen LogP) is 2.90. The molecule has 0 atom stereocenters. The fraction of sp³-hybridized carbons (Fsp3) is 0.0833. The standard InChI is InChI=1S/C12H10FNO/c1-8-3-2-4-11(14-8)9-5-6-12(15)10(13)7-9/h2-7,15H,1H3. The second-order valence-electron chi connectivity index (χ2n) is 3.33. The van der Waals surface area contributed by atoms with Gasteiger partial charge in [0, 0.05) is 11.3 Å². The average molecular weight is 203 g/mol. The monoisotopic (exact) mass is 203 g/mol. The molecule has 1 heterocycles. The molecule has 0 aliphatic heterocycles. The van der Waals surface area contributed by atoms with Gasteiger partial charge in [0.25, 0.3) is 0 Å². The number of aryl methyl sites for hydroxylation is 1. The van der Waals surface area contributed by atoms with Crippen LogP contribution < -0.4 is 0 Å². The van der Waals surface area contributed by atoms with Crippen LogP contribution in [-0.4, -0.2) is 10.1 Å². The zero-order valence-electron chi connectivity index (χ0n) is 8.24. The van der Waals surface area contributed by atoms with Crippen LogP contribution in [0, 0.1) is 12.7 Å². The first-order valence-electron chi connectivity index (χ1n) is 4.59. The Hall–Kier alpha value is -1.90. The van der Waals surface area contributed by atoms with Crippen molar-refractivity contribution < 1.29 is 9.50 Å². The quantitative estimate of drug-likeness (QED) is 0.773. The predicted molar refractivity (Wildman–Crippen MR) is 56.0 cm³/mol. The van der Waals surface area contributed by atoms with Gasteiger partial charge in [0.2, 0.25) is 0 Å². The zero-order chi connectivity index (χ0) is 10.8. The van der Waals surface area contributed by atoms with Crippen molar-refractivity contribution in [3.05, 3.63) is 47.9 Å². The lowest BCUT2D eigenvalue weighted by Crippen LogP contribution is -1.87. The van der Waals surface area contributed by atoms with Gasteiger partial charge in [-0.05, 0) is 37.3 Å². The summed E-state index contributed by atoms with van der Waals surface area (Å²) < 4.78 is 13.1. The Kier molecular flexibility index (Phi) is 2.37. The molecule has 0 spiro atoms. The fourth-order valence-corrected chi connectivity index (χ4v) is 1.37. The van der Waals surface area contributed by atoms with E-state index in [2.05, 4.69) is 4.98 Å². The van der Waals surface area contributed by atoms with Crippen LogP contribution in [0.15, 0.2) is 36.4 Å². The Balaban J connectivity index is 2.50. The van der Waals surface area contributed by atoms with Crippen molar-refractivity contribution in [1.29, 1.82) is 0 Å². The molecular formula is C12H10FNO. The van der Waals surface area contributed by atoms with Crippen LogP contribution in [0.5, 0.6) is 5.75 Å². The minimum Gasteiger partial charge on any atom is -0.505 e. The summed E-state index contributed by atoms with van der Waals surface area (Å²) >= 11 is 0. The summed E-state index contributed by atoms with van der Waals surface area (Å²) in [4.78, 5) is 4.27. The van der Waals surface area contributed by atoms with Gasteiger partial charge in [-0.1, -0.05) is 6.07 Å². The topological polar surface area (TPSA) is 33.1 Å². The molecular weight excluding hydrogens is 193 g/mol. The lowest BCUT2D eigenvalue weighted by atomic mass is 10.1. The molecule has 1 aromatic heterocycles. The number of phenols is 1. The van der Waals surface area contributed by atoms with Crippen LogP contribution in [0.2, 0.25) is 0 Å². The van der Waals surface area contributed by atoms with Crippen LogP contribution in [0.4, 0.5) is 4.39 Å². The smallest absolute Gasteiger partial charge is 0.165 e. The highest BCUT2D eigenvalue weighted by Crippen LogP contribution is 2.23. The third kappa shape index (κ3) is 1.96. The molecule has 3 heteroatoms. The third-order valence-corrected chi connectivity index (χ3v) is 2.13. The van der Waals surface area contributed by atoms with E-state index in [0.717, 1.165) is 5.69 Å². The number of hydrogen-bond donors (Lipinski definition) is 1. The van der Waals surface area contributed by atoms with E-state index in [9.17, 15) is 4.39 Å². The fourth-order valence-electron chi connectivity index (χ4n) is 1.37. The van der Waals surface area contributed by atoms with Gasteiger partial charge >= 0.3 is 0 Å². The second kappa shape index (κ2) is 3.69. The summed E-state index contributed by atoms with van der Waals surface area (Å²) in [7, 11) is 0.